The maximum atomic E-state index is 13.9. The van der Waals surface area contributed by atoms with Gasteiger partial charge in [0.25, 0.3) is 5.56 Å². The summed E-state index contributed by atoms with van der Waals surface area (Å²) in [5.41, 5.74) is 4.91. The topological polar surface area (TPSA) is 58.2 Å². The SMILES string of the molecule is COc1ccc2c(c1)c1c(c(=O)n(-c3cccc(C)c3)c(=O)n1Cc1cccc(C)c1)n2C. The van der Waals surface area contributed by atoms with Gasteiger partial charge in [-0.3, -0.25) is 9.36 Å². The molecule has 3 aromatic carbocycles. The van der Waals surface area contributed by atoms with Gasteiger partial charge in [-0.25, -0.2) is 9.36 Å². The number of hydrogen-bond acceptors (Lipinski definition) is 3. The molecule has 6 nitrogen and oxygen atoms in total. The average molecular weight is 440 g/mol. The molecule has 0 bridgehead atoms. The normalized spacial score (nSPS) is 11.4. The summed E-state index contributed by atoms with van der Waals surface area (Å²) in [6.45, 7) is 4.32. The van der Waals surface area contributed by atoms with Crippen molar-refractivity contribution in [3.8, 4) is 11.4 Å². The second-order valence-electron chi connectivity index (χ2n) is 8.48. The first-order valence-electron chi connectivity index (χ1n) is 10.8. The molecule has 5 rings (SSSR count). The van der Waals surface area contributed by atoms with E-state index in [2.05, 4.69) is 6.07 Å². The van der Waals surface area contributed by atoms with Crippen molar-refractivity contribution in [1.29, 1.82) is 0 Å². The van der Waals surface area contributed by atoms with Crippen LogP contribution in [0.15, 0.2) is 76.3 Å². The van der Waals surface area contributed by atoms with Gasteiger partial charge in [-0.05, 0) is 55.3 Å². The molecule has 0 aliphatic carbocycles. The molecule has 0 aliphatic rings. The van der Waals surface area contributed by atoms with E-state index in [1.54, 1.807) is 17.7 Å². The Labute approximate surface area is 190 Å². The van der Waals surface area contributed by atoms with E-state index in [9.17, 15) is 9.59 Å². The Morgan fingerprint density at radius 2 is 1.58 bits per heavy atom. The molecular formula is C27H25N3O3. The van der Waals surface area contributed by atoms with E-state index < -0.39 is 0 Å². The highest BCUT2D eigenvalue weighted by atomic mass is 16.5. The highest BCUT2D eigenvalue weighted by Gasteiger charge is 2.21. The number of rotatable bonds is 4. The summed E-state index contributed by atoms with van der Waals surface area (Å²) < 4.78 is 10.3. The average Bonchev–Trinajstić information content (AvgIpc) is 3.09. The molecule has 0 amide bonds. The van der Waals surface area contributed by atoms with E-state index in [0.29, 0.717) is 29.0 Å². The van der Waals surface area contributed by atoms with Gasteiger partial charge < -0.3 is 9.30 Å². The highest BCUT2D eigenvalue weighted by Crippen LogP contribution is 2.29. The molecule has 0 spiro atoms. The van der Waals surface area contributed by atoms with Gasteiger partial charge in [-0.2, -0.15) is 0 Å². The van der Waals surface area contributed by atoms with Crippen LogP contribution in [0.3, 0.4) is 0 Å². The van der Waals surface area contributed by atoms with Gasteiger partial charge in [0.1, 0.15) is 11.3 Å². The van der Waals surface area contributed by atoms with Crippen LogP contribution in [0.5, 0.6) is 5.75 Å². The summed E-state index contributed by atoms with van der Waals surface area (Å²) in [7, 11) is 3.47. The lowest BCUT2D eigenvalue weighted by atomic mass is 10.1. The van der Waals surface area contributed by atoms with Crippen molar-refractivity contribution < 1.29 is 4.74 Å². The molecule has 0 fully saturated rings. The second kappa shape index (κ2) is 7.81. The van der Waals surface area contributed by atoms with Crippen molar-refractivity contribution in [2.75, 3.05) is 7.11 Å². The zero-order valence-corrected chi connectivity index (χ0v) is 19.1. The van der Waals surface area contributed by atoms with Crippen LogP contribution in [0.25, 0.3) is 27.6 Å². The Bertz CT molecular complexity index is 1650. The van der Waals surface area contributed by atoms with Crippen LogP contribution >= 0.6 is 0 Å². The third-order valence-electron chi connectivity index (χ3n) is 6.16. The molecule has 0 saturated carbocycles. The van der Waals surface area contributed by atoms with Gasteiger partial charge >= 0.3 is 5.69 Å². The maximum absolute atomic E-state index is 13.9. The summed E-state index contributed by atoms with van der Waals surface area (Å²) in [4.78, 5) is 27.7. The molecule has 2 heterocycles. The predicted molar refractivity (Wildman–Crippen MR) is 132 cm³/mol. The fraction of sp³-hybridized carbons (Fsp3) is 0.185. The Hall–Kier alpha value is -4.06. The highest BCUT2D eigenvalue weighted by molar-refractivity contribution is 6.06. The minimum atomic E-state index is -0.366. The summed E-state index contributed by atoms with van der Waals surface area (Å²) in [5.74, 6) is 0.674. The van der Waals surface area contributed by atoms with Crippen molar-refractivity contribution in [3.05, 3.63) is 104 Å². The Kier molecular flexibility index (Phi) is 4.93. The van der Waals surface area contributed by atoms with Crippen molar-refractivity contribution in [2.24, 2.45) is 7.05 Å². The first-order chi connectivity index (χ1) is 15.9. The number of ether oxygens (including phenoxy) is 1. The van der Waals surface area contributed by atoms with Crippen LogP contribution < -0.4 is 16.0 Å². The molecule has 166 valence electrons. The summed E-state index contributed by atoms with van der Waals surface area (Å²) in [6, 6.07) is 21.2. The standard InChI is InChI=1S/C27H25N3O3/c1-17-7-5-9-19(13-17)16-29-24-22-15-21(33-4)11-12-23(22)28(3)25(24)26(31)30(27(29)32)20-10-6-8-18(2)14-20/h5-15H,16H2,1-4H3. The molecule has 0 radical (unpaired) electrons. The van der Waals surface area contributed by atoms with E-state index in [0.717, 1.165) is 27.6 Å². The molecule has 0 atom stereocenters. The smallest absolute Gasteiger partial charge is 0.336 e. The van der Waals surface area contributed by atoms with E-state index in [1.807, 2.05) is 80.1 Å². The van der Waals surface area contributed by atoms with Crippen LogP contribution in [0, 0.1) is 13.8 Å². The maximum Gasteiger partial charge on any atom is 0.336 e. The molecule has 0 N–H and O–H groups in total. The number of hydrogen-bond donors (Lipinski definition) is 0. The lowest BCUT2D eigenvalue weighted by Gasteiger charge is -2.14. The van der Waals surface area contributed by atoms with Gasteiger partial charge in [0.15, 0.2) is 0 Å². The van der Waals surface area contributed by atoms with Gasteiger partial charge in [0.2, 0.25) is 0 Å². The van der Waals surface area contributed by atoms with Gasteiger partial charge in [-0.1, -0.05) is 42.0 Å². The molecule has 6 heteroatoms. The zero-order chi connectivity index (χ0) is 23.3. The molecule has 0 saturated heterocycles. The van der Waals surface area contributed by atoms with Crippen LogP contribution in [0.1, 0.15) is 16.7 Å². The molecule has 33 heavy (non-hydrogen) atoms. The minimum Gasteiger partial charge on any atom is -0.497 e. The van der Waals surface area contributed by atoms with E-state index in [1.165, 1.54) is 4.57 Å². The fourth-order valence-corrected chi connectivity index (χ4v) is 4.59. The number of fused-ring (bicyclic) bond motifs is 3. The minimum absolute atomic E-state index is 0.334. The van der Waals surface area contributed by atoms with Crippen molar-refractivity contribution >= 4 is 21.9 Å². The Morgan fingerprint density at radius 1 is 0.848 bits per heavy atom. The third-order valence-corrected chi connectivity index (χ3v) is 6.16. The number of methoxy groups -OCH3 is 1. The number of aryl methyl sites for hydroxylation is 3. The van der Waals surface area contributed by atoms with Crippen LogP contribution in [0.4, 0.5) is 0 Å². The quantitative estimate of drug-likeness (QED) is 0.419. The zero-order valence-electron chi connectivity index (χ0n) is 19.1. The van der Waals surface area contributed by atoms with Crippen molar-refractivity contribution in [2.45, 2.75) is 20.4 Å². The van der Waals surface area contributed by atoms with Crippen molar-refractivity contribution in [1.82, 2.24) is 13.7 Å². The Morgan fingerprint density at radius 3 is 2.27 bits per heavy atom. The molecule has 2 aromatic heterocycles. The van der Waals surface area contributed by atoms with Crippen LogP contribution in [-0.4, -0.2) is 20.8 Å². The Balaban J connectivity index is 1.95. The summed E-state index contributed by atoms with van der Waals surface area (Å²) >= 11 is 0. The van der Waals surface area contributed by atoms with Gasteiger partial charge in [0, 0.05) is 12.4 Å². The first kappa shape index (κ1) is 20.8. The van der Waals surface area contributed by atoms with E-state index in [4.69, 9.17) is 4.74 Å². The second-order valence-corrected chi connectivity index (χ2v) is 8.48. The van der Waals surface area contributed by atoms with Gasteiger partial charge in [0.05, 0.1) is 30.4 Å². The van der Waals surface area contributed by atoms with E-state index >= 15 is 0 Å². The monoisotopic (exact) mass is 439 g/mol. The fourth-order valence-electron chi connectivity index (χ4n) is 4.59. The number of nitrogens with zero attached hydrogens (tertiary/aromatic N) is 3. The summed E-state index contributed by atoms with van der Waals surface area (Å²) in [5, 5.41) is 0.810. The molecule has 0 aliphatic heterocycles. The van der Waals surface area contributed by atoms with Gasteiger partial charge in [-0.15, -0.1) is 0 Å². The lowest BCUT2D eigenvalue weighted by Crippen LogP contribution is -2.39. The van der Waals surface area contributed by atoms with Crippen LogP contribution in [-0.2, 0) is 13.6 Å². The number of aromatic nitrogens is 3. The van der Waals surface area contributed by atoms with Crippen molar-refractivity contribution in [3.63, 3.8) is 0 Å². The third kappa shape index (κ3) is 3.35. The number of benzene rings is 3. The molecule has 5 aromatic rings. The summed E-state index contributed by atoms with van der Waals surface area (Å²) in [6.07, 6.45) is 0. The van der Waals surface area contributed by atoms with Crippen LogP contribution in [0.2, 0.25) is 0 Å². The largest absolute Gasteiger partial charge is 0.497 e. The first-order valence-corrected chi connectivity index (χ1v) is 10.8. The van der Waals surface area contributed by atoms with E-state index in [-0.39, 0.29) is 11.2 Å². The molecule has 0 unspecified atom stereocenters. The molecular weight excluding hydrogens is 414 g/mol. The predicted octanol–water partition coefficient (Wildman–Crippen LogP) is 4.32. The lowest BCUT2D eigenvalue weighted by molar-refractivity contribution is 0.415.